The normalized spacial score (nSPS) is 12.2. The van der Waals surface area contributed by atoms with E-state index in [-0.39, 0.29) is 17.6 Å². The minimum Gasteiger partial charge on any atom is -0.507 e. The zero-order valence-electron chi connectivity index (χ0n) is 19.1. The molecule has 1 N–H and O–H groups in total. The first-order valence-corrected chi connectivity index (χ1v) is 11.0. The molecular weight excluding hydrogens is 412 g/mol. The summed E-state index contributed by atoms with van der Waals surface area (Å²) in [6, 6.07) is 23.7. The van der Waals surface area contributed by atoms with E-state index in [1.54, 1.807) is 13.2 Å². The Bertz CT molecular complexity index is 1090. The van der Waals surface area contributed by atoms with Gasteiger partial charge in [0.15, 0.2) is 0 Å². The lowest BCUT2D eigenvalue weighted by Gasteiger charge is -2.19. The fraction of sp³-hybridized carbons (Fsp3) is 0.207. The first kappa shape index (κ1) is 23.9. The van der Waals surface area contributed by atoms with Gasteiger partial charge in [0.05, 0.1) is 14.2 Å². The van der Waals surface area contributed by atoms with Gasteiger partial charge in [0.25, 0.3) is 0 Å². The molecule has 0 aromatic heterocycles. The molecule has 0 spiro atoms. The van der Waals surface area contributed by atoms with Gasteiger partial charge in [-0.15, -0.1) is 0 Å². The molecule has 0 bridgehead atoms. The molecule has 4 heteroatoms. The van der Waals surface area contributed by atoms with Gasteiger partial charge in [-0.2, -0.15) is 0 Å². The number of rotatable bonds is 10. The number of hydrogen-bond acceptors (Lipinski definition) is 4. The number of hydrogen-bond donors (Lipinski definition) is 1. The highest BCUT2D eigenvalue weighted by molar-refractivity contribution is 5.72. The minimum atomic E-state index is -0.238. The largest absolute Gasteiger partial charge is 0.507 e. The van der Waals surface area contributed by atoms with Crippen molar-refractivity contribution in [3.05, 3.63) is 101 Å². The molecule has 0 fully saturated rings. The van der Waals surface area contributed by atoms with Crippen molar-refractivity contribution in [3.63, 3.8) is 0 Å². The topological polar surface area (TPSA) is 55.8 Å². The molecule has 0 aliphatic rings. The molecule has 1 atom stereocenters. The summed E-state index contributed by atoms with van der Waals surface area (Å²) in [7, 11) is 3.00. The Morgan fingerprint density at radius 3 is 2.09 bits per heavy atom. The van der Waals surface area contributed by atoms with Crippen LogP contribution >= 0.6 is 0 Å². The van der Waals surface area contributed by atoms with E-state index >= 15 is 0 Å². The molecule has 0 radical (unpaired) electrons. The van der Waals surface area contributed by atoms with Crippen LogP contribution in [0.1, 0.15) is 47.4 Å². The van der Waals surface area contributed by atoms with Crippen LogP contribution in [-0.4, -0.2) is 25.3 Å². The van der Waals surface area contributed by atoms with Crippen molar-refractivity contribution in [2.75, 3.05) is 14.2 Å². The van der Waals surface area contributed by atoms with Crippen LogP contribution in [0.3, 0.4) is 0 Å². The fourth-order valence-corrected chi connectivity index (χ4v) is 3.72. The smallest absolute Gasteiger partial charge is 0.305 e. The second kappa shape index (κ2) is 12.3. The third kappa shape index (κ3) is 7.11. The molecule has 33 heavy (non-hydrogen) atoms. The van der Waals surface area contributed by atoms with Crippen LogP contribution in [0.15, 0.2) is 78.9 Å². The van der Waals surface area contributed by atoms with E-state index in [2.05, 4.69) is 6.08 Å². The average Bonchev–Trinajstić information content (AvgIpc) is 2.85. The molecule has 0 saturated carbocycles. The zero-order chi connectivity index (χ0) is 23.5. The lowest BCUT2D eigenvalue weighted by atomic mass is 9.90. The number of ether oxygens (including phenoxy) is 2. The lowest BCUT2D eigenvalue weighted by molar-refractivity contribution is -0.140. The molecule has 3 rings (SSSR count). The Kier molecular flexibility index (Phi) is 8.89. The van der Waals surface area contributed by atoms with Crippen LogP contribution in [0.4, 0.5) is 0 Å². The van der Waals surface area contributed by atoms with Crippen LogP contribution in [0.2, 0.25) is 0 Å². The van der Waals surface area contributed by atoms with E-state index in [1.807, 2.05) is 85.0 Å². The van der Waals surface area contributed by atoms with Crippen LogP contribution in [0, 0.1) is 0 Å². The van der Waals surface area contributed by atoms with Crippen LogP contribution in [0.25, 0.3) is 18.2 Å². The van der Waals surface area contributed by atoms with E-state index in [0.717, 1.165) is 16.7 Å². The summed E-state index contributed by atoms with van der Waals surface area (Å²) in [5, 5.41) is 11.0. The number of esters is 1. The number of benzene rings is 3. The summed E-state index contributed by atoms with van der Waals surface area (Å²) in [5.74, 6) is 0.418. The molecule has 3 aromatic rings. The Labute approximate surface area is 195 Å². The Morgan fingerprint density at radius 1 is 0.879 bits per heavy atom. The van der Waals surface area contributed by atoms with Crippen molar-refractivity contribution in [1.82, 2.24) is 0 Å². The number of carbonyl (C=O) groups excluding carboxylic acids is 1. The summed E-state index contributed by atoms with van der Waals surface area (Å²) < 4.78 is 10.5. The van der Waals surface area contributed by atoms with Crippen molar-refractivity contribution in [3.8, 4) is 11.5 Å². The second-order valence-corrected chi connectivity index (χ2v) is 7.74. The molecule has 0 aliphatic carbocycles. The van der Waals surface area contributed by atoms with Gasteiger partial charge in [-0.3, -0.25) is 4.79 Å². The summed E-state index contributed by atoms with van der Waals surface area (Å²) in [5.41, 5.74) is 3.70. The van der Waals surface area contributed by atoms with E-state index in [0.29, 0.717) is 30.6 Å². The predicted octanol–water partition coefficient (Wildman–Crippen LogP) is 6.71. The molecule has 170 valence electrons. The van der Waals surface area contributed by atoms with E-state index < -0.39 is 0 Å². The minimum absolute atomic E-state index is 0.128. The highest BCUT2D eigenvalue weighted by Crippen LogP contribution is 2.40. The third-order valence-electron chi connectivity index (χ3n) is 5.45. The summed E-state index contributed by atoms with van der Waals surface area (Å²) >= 11 is 0. The summed E-state index contributed by atoms with van der Waals surface area (Å²) in [6.07, 6.45) is 9.67. The maximum atomic E-state index is 11.6. The van der Waals surface area contributed by atoms with E-state index in [1.165, 1.54) is 7.11 Å². The van der Waals surface area contributed by atoms with Crippen molar-refractivity contribution < 1.29 is 19.4 Å². The second-order valence-electron chi connectivity index (χ2n) is 7.74. The van der Waals surface area contributed by atoms with Gasteiger partial charge in [-0.1, -0.05) is 85.0 Å². The molecule has 0 saturated heterocycles. The van der Waals surface area contributed by atoms with Crippen LogP contribution in [-0.2, 0) is 9.53 Å². The molecule has 0 aliphatic heterocycles. The van der Waals surface area contributed by atoms with Gasteiger partial charge >= 0.3 is 5.97 Å². The van der Waals surface area contributed by atoms with Crippen LogP contribution in [0.5, 0.6) is 11.5 Å². The van der Waals surface area contributed by atoms with Gasteiger partial charge in [-0.05, 0) is 41.7 Å². The van der Waals surface area contributed by atoms with E-state index in [9.17, 15) is 9.90 Å². The number of aromatic hydroxyl groups is 1. The quantitative estimate of drug-likeness (QED) is 0.280. The van der Waals surface area contributed by atoms with E-state index in [4.69, 9.17) is 9.47 Å². The first-order valence-electron chi connectivity index (χ1n) is 11.0. The average molecular weight is 443 g/mol. The lowest BCUT2D eigenvalue weighted by Crippen LogP contribution is -2.04. The number of carbonyl (C=O) groups is 1. The monoisotopic (exact) mass is 442 g/mol. The summed E-state index contributed by atoms with van der Waals surface area (Å²) in [4.78, 5) is 11.6. The number of phenols is 1. The molecule has 0 heterocycles. The van der Waals surface area contributed by atoms with Gasteiger partial charge in [0.1, 0.15) is 11.5 Å². The van der Waals surface area contributed by atoms with Gasteiger partial charge in [0.2, 0.25) is 0 Å². The summed E-state index contributed by atoms with van der Waals surface area (Å²) in [6.45, 7) is 0. The van der Waals surface area contributed by atoms with Gasteiger partial charge < -0.3 is 14.6 Å². The Morgan fingerprint density at radius 2 is 1.48 bits per heavy atom. The highest BCUT2D eigenvalue weighted by Gasteiger charge is 2.19. The number of methoxy groups -OCH3 is 2. The van der Waals surface area contributed by atoms with Crippen LogP contribution < -0.4 is 4.74 Å². The molecule has 4 nitrogen and oxygen atoms in total. The number of allylic oxidation sites excluding steroid dienone is 1. The van der Waals surface area contributed by atoms with Gasteiger partial charge in [0, 0.05) is 17.9 Å². The van der Waals surface area contributed by atoms with Crippen molar-refractivity contribution in [2.45, 2.75) is 25.2 Å². The molecule has 3 aromatic carbocycles. The van der Waals surface area contributed by atoms with Crippen molar-refractivity contribution >= 4 is 24.2 Å². The highest BCUT2D eigenvalue weighted by atomic mass is 16.5. The molecule has 0 amide bonds. The number of phenolic OH excluding ortho intramolecular Hbond substituents is 1. The van der Waals surface area contributed by atoms with Crippen molar-refractivity contribution in [1.29, 1.82) is 0 Å². The predicted molar refractivity (Wildman–Crippen MR) is 134 cm³/mol. The Hall–Kier alpha value is -3.79. The zero-order valence-corrected chi connectivity index (χ0v) is 19.1. The maximum absolute atomic E-state index is 11.6. The SMILES string of the molecule is COC(=O)CCC[C@H](/C=C/c1ccccc1)c1c(O)cc(/C=C/c2ccccc2)cc1OC. The van der Waals surface area contributed by atoms with Crippen molar-refractivity contribution in [2.24, 2.45) is 0 Å². The first-order chi connectivity index (χ1) is 16.1. The third-order valence-corrected chi connectivity index (χ3v) is 5.45. The fourth-order valence-electron chi connectivity index (χ4n) is 3.72. The standard InChI is InChI=1S/C29H30O4/c1-32-27-21-24(17-16-22-10-5-3-6-11-22)20-26(30)29(27)25(14-9-15-28(31)33-2)19-18-23-12-7-4-8-13-23/h3-8,10-13,16-21,25,30H,9,14-15H2,1-2H3/b17-16+,19-18+/t25-/m1/s1. The molecule has 0 unspecified atom stereocenters. The Balaban J connectivity index is 1.90. The van der Waals surface area contributed by atoms with Gasteiger partial charge in [-0.25, -0.2) is 0 Å². The maximum Gasteiger partial charge on any atom is 0.305 e. The molecular formula is C29H30O4.